The van der Waals surface area contributed by atoms with Gasteiger partial charge >= 0.3 is 0 Å². The van der Waals surface area contributed by atoms with Gasteiger partial charge in [-0.3, -0.25) is 0 Å². The first-order valence-electron chi connectivity index (χ1n) is 11.6. The van der Waals surface area contributed by atoms with Gasteiger partial charge in [0, 0.05) is 12.7 Å². The Morgan fingerprint density at radius 2 is 1.26 bits per heavy atom. The van der Waals surface area contributed by atoms with E-state index in [-0.39, 0.29) is 12.2 Å². The molecule has 6 nitrogen and oxygen atoms in total. The van der Waals surface area contributed by atoms with Crippen LogP contribution in [0.4, 0.5) is 0 Å². The Hall–Kier alpha value is -2.58. The van der Waals surface area contributed by atoms with Crippen LogP contribution in [0.5, 0.6) is 0 Å². The van der Waals surface area contributed by atoms with Gasteiger partial charge in [0.2, 0.25) is 0 Å². The average molecular weight is 463 g/mol. The topological polar surface area (TPSA) is 55.4 Å². The van der Waals surface area contributed by atoms with E-state index in [2.05, 4.69) is 0 Å². The minimum Gasteiger partial charge on any atom is -0.368 e. The summed E-state index contributed by atoms with van der Waals surface area (Å²) in [6.45, 7) is 1.22. The van der Waals surface area contributed by atoms with Gasteiger partial charge in [-0.2, -0.15) is 0 Å². The van der Waals surface area contributed by atoms with E-state index in [9.17, 15) is 0 Å². The summed E-state index contributed by atoms with van der Waals surface area (Å²) in [5, 5.41) is 0. The average Bonchev–Trinajstić information content (AvgIpc) is 2.91. The lowest BCUT2D eigenvalue weighted by Crippen LogP contribution is -2.63. The fourth-order valence-corrected chi connectivity index (χ4v) is 4.42. The molecule has 0 spiro atoms. The maximum Gasteiger partial charge on any atom is 0.186 e. The van der Waals surface area contributed by atoms with Crippen molar-refractivity contribution in [3.63, 3.8) is 0 Å². The number of ether oxygens (including phenoxy) is 6. The lowest BCUT2D eigenvalue weighted by molar-refractivity contribution is -0.369. The molecule has 0 aliphatic carbocycles. The summed E-state index contributed by atoms with van der Waals surface area (Å²) in [4.78, 5) is 0. The maximum absolute atomic E-state index is 6.49. The molecule has 178 valence electrons. The largest absolute Gasteiger partial charge is 0.368 e. The fraction of sp³-hybridized carbons (Fsp3) is 0.357. The summed E-state index contributed by atoms with van der Waals surface area (Å²) in [5.74, 6) is 0. The first kappa shape index (κ1) is 23.2. The van der Waals surface area contributed by atoms with Gasteiger partial charge in [0.15, 0.2) is 12.6 Å². The predicted molar refractivity (Wildman–Crippen MR) is 126 cm³/mol. The van der Waals surface area contributed by atoms with E-state index in [4.69, 9.17) is 28.4 Å². The summed E-state index contributed by atoms with van der Waals surface area (Å²) >= 11 is 0. The summed E-state index contributed by atoms with van der Waals surface area (Å²) in [7, 11) is 1.62. The third-order valence-corrected chi connectivity index (χ3v) is 6.16. The van der Waals surface area contributed by atoms with Gasteiger partial charge in [0.25, 0.3) is 0 Å². The zero-order valence-electron chi connectivity index (χ0n) is 19.2. The molecule has 34 heavy (non-hydrogen) atoms. The van der Waals surface area contributed by atoms with Crippen molar-refractivity contribution >= 4 is 0 Å². The molecule has 2 fully saturated rings. The van der Waals surface area contributed by atoms with Crippen LogP contribution in [0.15, 0.2) is 91.0 Å². The molecule has 5 rings (SSSR count). The first-order valence-corrected chi connectivity index (χ1v) is 11.6. The van der Waals surface area contributed by atoms with E-state index in [0.29, 0.717) is 19.8 Å². The Morgan fingerprint density at radius 3 is 1.85 bits per heavy atom. The van der Waals surface area contributed by atoms with Gasteiger partial charge in [-0.05, 0) is 11.1 Å². The van der Waals surface area contributed by atoms with Gasteiger partial charge < -0.3 is 28.4 Å². The van der Waals surface area contributed by atoms with Crippen LogP contribution in [-0.2, 0) is 41.6 Å². The lowest BCUT2D eigenvalue weighted by Gasteiger charge is -2.48. The maximum atomic E-state index is 6.49. The van der Waals surface area contributed by atoms with Crippen molar-refractivity contribution in [2.75, 3.05) is 13.7 Å². The molecule has 3 aromatic carbocycles. The van der Waals surface area contributed by atoms with Crippen LogP contribution < -0.4 is 0 Å². The van der Waals surface area contributed by atoms with E-state index >= 15 is 0 Å². The summed E-state index contributed by atoms with van der Waals surface area (Å²) in [5.41, 5.74) is 3.10. The number of rotatable bonds is 8. The molecular weight excluding hydrogens is 432 g/mol. The fourth-order valence-electron chi connectivity index (χ4n) is 4.42. The van der Waals surface area contributed by atoms with Crippen LogP contribution in [0.3, 0.4) is 0 Å². The minimum atomic E-state index is -0.605. The molecule has 0 aromatic heterocycles. The molecule has 0 saturated carbocycles. The Kier molecular flexibility index (Phi) is 7.65. The standard InChI is InChI=1S/C28H30O6/c1-29-28-26(31-18-21-13-7-3-8-14-21)25(30-17-20-11-5-2-6-12-20)24-23(33-28)19-32-27(34-24)22-15-9-4-10-16-22/h2-16,23-28H,17-19H2,1H3/t23-,24-,25+,26-,27?,28+/m1/s1. The summed E-state index contributed by atoms with van der Waals surface area (Å²) in [6, 6.07) is 30.0. The van der Waals surface area contributed by atoms with Crippen molar-refractivity contribution in [2.45, 2.75) is 50.2 Å². The number of hydrogen-bond acceptors (Lipinski definition) is 6. The number of benzene rings is 3. The predicted octanol–water partition coefficient (Wildman–Crippen LogP) is 4.64. The van der Waals surface area contributed by atoms with Crippen molar-refractivity contribution in [1.29, 1.82) is 0 Å². The van der Waals surface area contributed by atoms with Gasteiger partial charge in [-0.25, -0.2) is 0 Å². The normalized spacial score (nSPS) is 28.9. The smallest absolute Gasteiger partial charge is 0.186 e. The van der Waals surface area contributed by atoms with Crippen LogP contribution in [0.25, 0.3) is 0 Å². The zero-order valence-corrected chi connectivity index (χ0v) is 19.2. The molecule has 0 radical (unpaired) electrons. The Balaban J connectivity index is 1.39. The third-order valence-electron chi connectivity index (χ3n) is 6.16. The van der Waals surface area contributed by atoms with Crippen LogP contribution >= 0.6 is 0 Å². The molecule has 3 aromatic rings. The van der Waals surface area contributed by atoms with Crippen molar-refractivity contribution in [1.82, 2.24) is 0 Å². The molecule has 2 aliphatic heterocycles. The van der Waals surface area contributed by atoms with Crippen LogP contribution in [0, 0.1) is 0 Å². The molecule has 6 heteroatoms. The molecule has 0 N–H and O–H groups in total. The Bertz CT molecular complexity index is 993. The molecule has 2 aliphatic rings. The number of fused-ring (bicyclic) bond motifs is 1. The highest BCUT2D eigenvalue weighted by Gasteiger charge is 2.51. The number of hydrogen-bond donors (Lipinski definition) is 0. The zero-order chi connectivity index (χ0) is 23.2. The molecule has 2 heterocycles. The second-order valence-electron chi connectivity index (χ2n) is 8.48. The highest BCUT2D eigenvalue weighted by molar-refractivity contribution is 5.17. The number of methoxy groups -OCH3 is 1. The Morgan fingerprint density at radius 1 is 0.706 bits per heavy atom. The van der Waals surface area contributed by atoms with E-state index in [1.165, 1.54) is 0 Å². The van der Waals surface area contributed by atoms with Crippen LogP contribution in [0.2, 0.25) is 0 Å². The van der Waals surface area contributed by atoms with Crippen LogP contribution in [0.1, 0.15) is 23.0 Å². The van der Waals surface area contributed by atoms with Gasteiger partial charge in [0.1, 0.15) is 24.4 Å². The highest BCUT2D eigenvalue weighted by Crippen LogP contribution is 2.37. The second-order valence-corrected chi connectivity index (χ2v) is 8.48. The van der Waals surface area contributed by atoms with Crippen molar-refractivity contribution in [3.05, 3.63) is 108 Å². The SMILES string of the molecule is CO[C@H]1O[C@@H]2COC(c3ccccc3)O[C@H]2[C@H](OCc2ccccc2)[C@H]1OCc1ccccc1. The van der Waals surface area contributed by atoms with Gasteiger partial charge in [-0.15, -0.1) is 0 Å². The van der Waals surface area contributed by atoms with E-state index in [1.54, 1.807) is 7.11 Å². The molecule has 0 bridgehead atoms. The van der Waals surface area contributed by atoms with Crippen molar-refractivity contribution in [2.24, 2.45) is 0 Å². The highest BCUT2D eigenvalue weighted by atomic mass is 16.8. The monoisotopic (exact) mass is 462 g/mol. The molecule has 6 atom stereocenters. The molecule has 0 amide bonds. The van der Waals surface area contributed by atoms with E-state index in [0.717, 1.165) is 16.7 Å². The minimum absolute atomic E-state index is 0.331. The van der Waals surface area contributed by atoms with Gasteiger partial charge in [-0.1, -0.05) is 91.0 Å². The first-order chi connectivity index (χ1) is 16.8. The Labute approximate surface area is 200 Å². The molecular formula is C28H30O6. The second kappa shape index (κ2) is 11.2. The van der Waals surface area contributed by atoms with Gasteiger partial charge in [0.05, 0.1) is 19.8 Å². The summed E-state index contributed by atoms with van der Waals surface area (Å²) < 4.78 is 37.2. The molecule has 1 unspecified atom stereocenters. The third kappa shape index (κ3) is 5.39. The van der Waals surface area contributed by atoms with E-state index < -0.39 is 24.8 Å². The van der Waals surface area contributed by atoms with Crippen molar-refractivity contribution in [3.8, 4) is 0 Å². The lowest BCUT2D eigenvalue weighted by atomic mass is 9.97. The molecule has 2 saturated heterocycles. The van der Waals surface area contributed by atoms with Crippen molar-refractivity contribution < 1.29 is 28.4 Å². The van der Waals surface area contributed by atoms with Crippen LogP contribution in [-0.4, -0.2) is 44.4 Å². The summed E-state index contributed by atoms with van der Waals surface area (Å²) in [6.07, 6.45) is -2.71. The quantitative estimate of drug-likeness (QED) is 0.486. The van der Waals surface area contributed by atoms with E-state index in [1.807, 2.05) is 91.0 Å².